The van der Waals surface area contributed by atoms with Crippen LogP contribution in [0.15, 0.2) is 23.1 Å². The van der Waals surface area contributed by atoms with Gasteiger partial charge in [-0.1, -0.05) is 0 Å². The Morgan fingerprint density at radius 2 is 1.64 bits per heavy atom. The molecule has 0 heterocycles. The van der Waals surface area contributed by atoms with E-state index < -0.39 is 22.8 Å². The average Bonchev–Trinajstić information content (AvgIpc) is 1.85. The third-order valence-corrected chi connectivity index (χ3v) is 2.07. The molecule has 0 spiro atoms. The van der Waals surface area contributed by atoms with Gasteiger partial charge < -0.3 is 4.55 Å². The van der Waals surface area contributed by atoms with Crippen molar-refractivity contribution in [3.05, 3.63) is 29.8 Å². The van der Waals surface area contributed by atoms with E-state index in [4.69, 9.17) is 0 Å². The first-order valence-corrected chi connectivity index (χ1v) is 4.45. The fourth-order valence-electron chi connectivity index (χ4n) is 0.694. The van der Waals surface area contributed by atoms with E-state index >= 15 is 0 Å². The van der Waals surface area contributed by atoms with Gasteiger partial charge in [0.2, 0.25) is 0 Å². The maximum absolute atomic E-state index is 12.4. The van der Waals surface area contributed by atoms with Crippen LogP contribution in [-0.4, -0.2) is 10.8 Å². The van der Waals surface area contributed by atoms with Crippen molar-refractivity contribution in [1.82, 2.24) is 0 Å². The number of hydrogen-bond donors (Lipinski definition) is 0. The lowest BCUT2D eigenvalue weighted by Gasteiger charge is -2.03. The van der Waals surface area contributed by atoms with Crippen LogP contribution in [0.3, 0.4) is 0 Å². The molecule has 60 valence electrons. The summed E-state index contributed by atoms with van der Waals surface area (Å²) in [5.41, 5.74) is 0. The van der Waals surface area contributed by atoms with E-state index in [-0.39, 0.29) is 4.90 Å². The fraction of sp³-hybridized carbons (Fsp3) is 0.143. The standard InChI is InChI=1S/C7H6F2OS/c1-11(10)7-3-5(8)2-6(9)4-7/h2-4H,1H3. The summed E-state index contributed by atoms with van der Waals surface area (Å²) in [7, 11) is 0. The topological polar surface area (TPSA) is 23.1 Å². The van der Waals surface area contributed by atoms with E-state index in [1.165, 1.54) is 6.26 Å². The van der Waals surface area contributed by atoms with Crippen LogP contribution in [0.1, 0.15) is 0 Å². The Balaban J connectivity index is 3.08. The zero-order chi connectivity index (χ0) is 8.43. The van der Waals surface area contributed by atoms with Crippen LogP contribution in [0.2, 0.25) is 0 Å². The molecule has 0 saturated heterocycles. The minimum Gasteiger partial charge on any atom is -0.612 e. The number of hydrogen-bond acceptors (Lipinski definition) is 1. The summed E-state index contributed by atoms with van der Waals surface area (Å²) in [5.74, 6) is -1.40. The van der Waals surface area contributed by atoms with E-state index in [0.717, 1.165) is 18.2 Å². The summed E-state index contributed by atoms with van der Waals surface area (Å²) in [6.45, 7) is 0. The SMILES string of the molecule is C[S+]([O-])c1cc(F)cc(F)c1. The van der Waals surface area contributed by atoms with Crippen molar-refractivity contribution < 1.29 is 13.3 Å². The van der Waals surface area contributed by atoms with Gasteiger partial charge in [-0.3, -0.25) is 0 Å². The molecule has 0 aliphatic heterocycles. The van der Waals surface area contributed by atoms with Gasteiger partial charge in [-0.15, -0.1) is 0 Å². The lowest BCUT2D eigenvalue weighted by molar-refractivity contribution is 0.569. The van der Waals surface area contributed by atoms with Crippen molar-refractivity contribution in [2.24, 2.45) is 0 Å². The summed E-state index contributed by atoms with van der Waals surface area (Å²) in [5, 5.41) is 0. The van der Waals surface area contributed by atoms with Crippen LogP contribution in [0.5, 0.6) is 0 Å². The highest BCUT2D eigenvalue weighted by atomic mass is 32.2. The van der Waals surface area contributed by atoms with Gasteiger partial charge in [0.05, 0.1) is 0 Å². The molecule has 1 unspecified atom stereocenters. The lowest BCUT2D eigenvalue weighted by Crippen LogP contribution is -1.98. The number of benzene rings is 1. The van der Waals surface area contributed by atoms with E-state index in [1.807, 2.05) is 0 Å². The van der Waals surface area contributed by atoms with E-state index in [1.54, 1.807) is 0 Å². The van der Waals surface area contributed by atoms with Gasteiger partial charge in [0.1, 0.15) is 17.9 Å². The molecule has 0 saturated carbocycles. The normalized spacial score (nSPS) is 13.1. The minimum absolute atomic E-state index is 0.169. The highest BCUT2D eigenvalue weighted by molar-refractivity contribution is 7.90. The van der Waals surface area contributed by atoms with Crippen molar-refractivity contribution in [1.29, 1.82) is 0 Å². The first kappa shape index (κ1) is 8.49. The van der Waals surface area contributed by atoms with Gasteiger partial charge in [0.25, 0.3) is 0 Å². The molecule has 0 radical (unpaired) electrons. The van der Waals surface area contributed by atoms with Crippen LogP contribution >= 0.6 is 0 Å². The summed E-state index contributed by atoms with van der Waals surface area (Å²) in [4.78, 5) is 0.169. The smallest absolute Gasteiger partial charge is 0.158 e. The molecule has 1 rings (SSSR count). The van der Waals surface area contributed by atoms with Crippen LogP contribution in [0, 0.1) is 11.6 Å². The second-order valence-electron chi connectivity index (χ2n) is 2.06. The first-order valence-electron chi connectivity index (χ1n) is 2.89. The molecule has 0 aromatic heterocycles. The van der Waals surface area contributed by atoms with E-state index in [9.17, 15) is 13.3 Å². The molecule has 0 fully saturated rings. The van der Waals surface area contributed by atoms with Gasteiger partial charge in [0, 0.05) is 18.2 Å². The van der Waals surface area contributed by atoms with Gasteiger partial charge in [0.15, 0.2) is 4.90 Å². The van der Waals surface area contributed by atoms with Gasteiger partial charge in [-0.2, -0.15) is 0 Å². The number of halogens is 2. The second kappa shape index (κ2) is 3.19. The maximum Gasteiger partial charge on any atom is 0.158 e. The molecule has 0 N–H and O–H groups in total. The Hall–Kier alpha value is -0.610. The van der Waals surface area contributed by atoms with Crippen LogP contribution in [0.25, 0.3) is 0 Å². The Bertz CT molecular complexity index is 242. The largest absolute Gasteiger partial charge is 0.612 e. The van der Waals surface area contributed by atoms with E-state index in [2.05, 4.69) is 0 Å². The second-order valence-corrected chi connectivity index (χ2v) is 3.44. The summed E-state index contributed by atoms with van der Waals surface area (Å²) >= 11 is -1.33. The Morgan fingerprint density at radius 3 is 2.00 bits per heavy atom. The third kappa shape index (κ3) is 2.17. The summed E-state index contributed by atoms with van der Waals surface area (Å²) in [6.07, 6.45) is 1.37. The summed E-state index contributed by atoms with van der Waals surface area (Å²) in [6, 6.07) is 2.86. The molecular formula is C7H6F2OS. The predicted octanol–water partition coefficient (Wildman–Crippen LogP) is 1.70. The highest BCUT2D eigenvalue weighted by Crippen LogP contribution is 2.12. The molecule has 0 aliphatic rings. The van der Waals surface area contributed by atoms with Crippen molar-refractivity contribution in [3.63, 3.8) is 0 Å². The Labute approximate surface area is 66.2 Å². The van der Waals surface area contributed by atoms with Crippen molar-refractivity contribution in [2.75, 3.05) is 6.26 Å². The van der Waals surface area contributed by atoms with Crippen LogP contribution in [0.4, 0.5) is 8.78 Å². The van der Waals surface area contributed by atoms with Crippen molar-refractivity contribution >= 4 is 11.2 Å². The van der Waals surface area contributed by atoms with Crippen molar-refractivity contribution in [2.45, 2.75) is 4.90 Å². The quantitative estimate of drug-likeness (QED) is 0.597. The molecule has 1 nitrogen and oxygen atoms in total. The molecule has 11 heavy (non-hydrogen) atoms. The monoisotopic (exact) mass is 176 g/mol. The summed E-state index contributed by atoms with van der Waals surface area (Å²) < 4.78 is 35.6. The third-order valence-electron chi connectivity index (χ3n) is 1.17. The average molecular weight is 176 g/mol. The van der Waals surface area contributed by atoms with Gasteiger partial charge in [-0.05, 0) is 11.2 Å². The zero-order valence-electron chi connectivity index (χ0n) is 5.80. The molecular weight excluding hydrogens is 170 g/mol. The van der Waals surface area contributed by atoms with Gasteiger partial charge >= 0.3 is 0 Å². The fourth-order valence-corrected chi connectivity index (χ4v) is 1.25. The van der Waals surface area contributed by atoms with Crippen LogP contribution < -0.4 is 0 Å². The zero-order valence-corrected chi connectivity index (χ0v) is 6.62. The number of rotatable bonds is 1. The Kier molecular flexibility index (Phi) is 2.46. The maximum atomic E-state index is 12.4. The molecule has 0 amide bonds. The predicted molar refractivity (Wildman–Crippen MR) is 38.7 cm³/mol. The lowest BCUT2D eigenvalue weighted by atomic mass is 10.3. The van der Waals surface area contributed by atoms with Gasteiger partial charge in [-0.25, -0.2) is 8.78 Å². The van der Waals surface area contributed by atoms with Crippen molar-refractivity contribution in [3.8, 4) is 0 Å². The molecule has 1 aromatic rings. The molecule has 0 aliphatic carbocycles. The molecule has 1 aromatic carbocycles. The molecule has 4 heteroatoms. The Morgan fingerprint density at radius 1 is 1.18 bits per heavy atom. The molecule has 1 atom stereocenters. The van der Waals surface area contributed by atoms with Crippen LogP contribution in [-0.2, 0) is 11.2 Å². The minimum atomic E-state index is -1.33. The highest BCUT2D eigenvalue weighted by Gasteiger charge is 2.07. The van der Waals surface area contributed by atoms with E-state index in [0.29, 0.717) is 0 Å². The molecule has 0 bridgehead atoms. The first-order chi connectivity index (χ1) is 5.09.